The van der Waals surface area contributed by atoms with Crippen LogP contribution in [-0.2, 0) is 40.6 Å². The molecule has 25 heavy (non-hydrogen) atoms. The SMILES string of the molecule is C[Si](C)(C)C1=C2CCC(=O)C2=C([Si](C)(C)C)C1=O.[C-]#[O+].[C-]#[O+].[C-]#[O+].[Fe]. The van der Waals surface area contributed by atoms with Gasteiger partial charge in [0.15, 0.2) is 11.6 Å². The number of rotatable bonds is 2. The smallest absolute Gasteiger partial charge is 0 e. The summed E-state index contributed by atoms with van der Waals surface area (Å²) in [6.45, 7) is 26.6. The quantitative estimate of drug-likeness (QED) is 0.391. The number of allylic oxidation sites excluding steroid dienone is 4. The van der Waals surface area contributed by atoms with Crippen LogP contribution in [0.1, 0.15) is 12.8 Å². The molecule has 0 aliphatic heterocycles. The minimum Gasteiger partial charge on any atom is 0 e. The third kappa shape index (κ3) is 6.34. The average molecular weight is 418 g/mol. The van der Waals surface area contributed by atoms with Crippen molar-refractivity contribution in [1.29, 1.82) is 0 Å². The van der Waals surface area contributed by atoms with Crippen molar-refractivity contribution in [3.63, 3.8) is 0 Å². The van der Waals surface area contributed by atoms with Gasteiger partial charge in [0.25, 0.3) is 0 Å². The molecule has 2 rings (SSSR count). The fourth-order valence-corrected chi connectivity index (χ4v) is 7.01. The monoisotopic (exact) mass is 418 g/mol. The fourth-order valence-electron chi connectivity index (χ4n) is 3.08. The van der Waals surface area contributed by atoms with Gasteiger partial charge in [-0.05, 0) is 22.4 Å². The zero-order chi connectivity index (χ0) is 19.9. The van der Waals surface area contributed by atoms with Crippen LogP contribution in [0.25, 0.3) is 0 Å². The van der Waals surface area contributed by atoms with Gasteiger partial charge in [0, 0.05) is 29.1 Å². The Hall–Kier alpha value is -1.01. The van der Waals surface area contributed by atoms with Crippen molar-refractivity contribution in [3.8, 4) is 0 Å². The van der Waals surface area contributed by atoms with Crippen LogP contribution < -0.4 is 0 Å². The molecule has 0 bridgehead atoms. The van der Waals surface area contributed by atoms with Gasteiger partial charge in [-0.3, -0.25) is 9.59 Å². The molecule has 0 unspecified atom stereocenters. The van der Waals surface area contributed by atoms with Gasteiger partial charge in [0.05, 0.1) is 16.1 Å². The maximum atomic E-state index is 12.8. The Morgan fingerprint density at radius 3 is 1.40 bits per heavy atom. The van der Waals surface area contributed by atoms with Gasteiger partial charge >= 0.3 is 33.9 Å². The van der Waals surface area contributed by atoms with E-state index < -0.39 is 16.1 Å². The van der Waals surface area contributed by atoms with E-state index in [-0.39, 0.29) is 28.6 Å². The van der Waals surface area contributed by atoms with Crippen LogP contribution in [0, 0.1) is 20.0 Å². The molecule has 0 spiro atoms. The molecule has 0 N–H and O–H groups in total. The van der Waals surface area contributed by atoms with Crippen LogP contribution in [0.5, 0.6) is 0 Å². The summed E-state index contributed by atoms with van der Waals surface area (Å²) in [6, 6.07) is 0. The van der Waals surface area contributed by atoms with E-state index in [4.69, 9.17) is 14.0 Å². The Kier molecular flexibility index (Phi) is 13.3. The van der Waals surface area contributed by atoms with Crippen molar-refractivity contribution in [2.24, 2.45) is 0 Å². The first-order valence-corrected chi connectivity index (χ1v) is 14.2. The minimum atomic E-state index is -1.75. The van der Waals surface area contributed by atoms with E-state index >= 15 is 0 Å². The van der Waals surface area contributed by atoms with Crippen molar-refractivity contribution < 1.29 is 40.6 Å². The van der Waals surface area contributed by atoms with Crippen molar-refractivity contribution in [3.05, 3.63) is 41.5 Å². The molecule has 136 valence electrons. The summed E-state index contributed by atoms with van der Waals surface area (Å²) in [5.74, 6) is 0.440. The first-order valence-electron chi connectivity index (χ1n) is 7.23. The molecule has 0 heterocycles. The molecular formula is C17H22FeO5Si2. The standard InChI is InChI=1S/C14H22O2Si2.3CO.Fe/c1-17(2,3)13-9-7-8-10(15)11(9)14(12(13)16)18(4,5)6;3*1-2;/h7-8H2,1-6H3;;;;. The Labute approximate surface area is 162 Å². The number of hydrogen-bond acceptors (Lipinski definition) is 2. The summed E-state index contributed by atoms with van der Waals surface area (Å²) in [6.07, 6.45) is 1.41. The van der Waals surface area contributed by atoms with E-state index in [0.29, 0.717) is 6.42 Å². The normalized spacial score (nSPS) is 15.5. The molecule has 8 heteroatoms. The van der Waals surface area contributed by atoms with E-state index in [9.17, 15) is 9.59 Å². The zero-order valence-electron chi connectivity index (χ0n) is 15.3. The van der Waals surface area contributed by atoms with Crippen LogP contribution in [0.3, 0.4) is 0 Å². The molecule has 1 saturated carbocycles. The second-order valence-corrected chi connectivity index (χ2v) is 17.4. The topological polar surface area (TPSA) is 93.8 Å². The number of hydrogen-bond donors (Lipinski definition) is 0. The molecule has 0 amide bonds. The van der Waals surface area contributed by atoms with Gasteiger partial charge in [0.2, 0.25) is 0 Å². The molecule has 2 aliphatic carbocycles. The average Bonchev–Trinajstić information content (AvgIpc) is 3.01. The molecule has 0 aromatic heterocycles. The van der Waals surface area contributed by atoms with Crippen molar-refractivity contribution in [1.82, 2.24) is 0 Å². The molecule has 0 atom stereocenters. The predicted molar refractivity (Wildman–Crippen MR) is 91.8 cm³/mol. The maximum absolute atomic E-state index is 12.8. The summed E-state index contributed by atoms with van der Waals surface area (Å²) >= 11 is 0. The second kappa shape index (κ2) is 11.6. The van der Waals surface area contributed by atoms with Crippen molar-refractivity contribution >= 4 is 27.7 Å². The molecule has 0 aromatic carbocycles. The third-order valence-corrected chi connectivity index (χ3v) is 7.69. The molecular weight excluding hydrogens is 396 g/mol. The molecule has 5 nitrogen and oxygen atoms in total. The first kappa shape index (κ1) is 28.8. The zero-order valence-corrected chi connectivity index (χ0v) is 18.4. The van der Waals surface area contributed by atoms with Crippen LogP contribution in [0.4, 0.5) is 0 Å². The third-order valence-electron chi connectivity index (χ3n) is 3.69. The fraction of sp³-hybridized carbons (Fsp3) is 0.471. The van der Waals surface area contributed by atoms with Crippen molar-refractivity contribution in [2.45, 2.75) is 52.1 Å². The van der Waals surface area contributed by atoms with Gasteiger partial charge < -0.3 is 0 Å². The van der Waals surface area contributed by atoms with Crippen LogP contribution >= 0.6 is 0 Å². The molecule has 0 saturated heterocycles. The van der Waals surface area contributed by atoms with Gasteiger partial charge in [-0.25, -0.2) is 0 Å². The maximum Gasteiger partial charge on any atom is 0 e. The largest absolute Gasteiger partial charge is 0 e. The van der Waals surface area contributed by atoms with Gasteiger partial charge in [-0.2, -0.15) is 0 Å². The second-order valence-electron chi connectivity index (χ2n) is 7.36. The summed E-state index contributed by atoms with van der Waals surface area (Å²) in [5.41, 5.74) is 1.97. The van der Waals surface area contributed by atoms with E-state index in [2.05, 4.69) is 59.2 Å². The molecule has 0 aromatic rings. The molecule has 1 fully saturated rings. The Morgan fingerprint density at radius 2 is 1.08 bits per heavy atom. The Morgan fingerprint density at radius 1 is 0.720 bits per heavy atom. The predicted octanol–water partition coefficient (Wildman–Crippen LogP) is 3.16. The minimum absolute atomic E-state index is 0. The van der Waals surface area contributed by atoms with Crippen LogP contribution in [-0.4, -0.2) is 27.7 Å². The van der Waals surface area contributed by atoms with Gasteiger partial charge in [-0.1, -0.05) is 39.3 Å². The summed E-state index contributed by atoms with van der Waals surface area (Å²) in [7, 11) is -3.41. The summed E-state index contributed by atoms with van der Waals surface area (Å²) < 4.78 is 22.5. The summed E-state index contributed by atoms with van der Waals surface area (Å²) in [4.78, 5) is 24.9. The molecule has 0 radical (unpaired) electrons. The molecule has 2 aliphatic rings. The first-order chi connectivity index (χ1) is 11.0. The Balaban J connectivity index is -0.000000626. The number of ketones is 2. The number of carbonyl (C=O) groups excluding carboxylic acids is 2. The van der Waals surface area contributed by atoms with Gasteiger partial charge in [0.1, 0.15) is 0 Å². The number of fused-ring (bicyclic) bond motifs is 1. The number of Topliss-reactive ketones (excluding diaryl/α,β-unsaturated/α-hetero) is 2. The van der Waals surface area contributed by atoms with E-state index in [1.54, 1.807) is 0 Å². The van der Waals surface area contributed by atoms with E-state index in [0.717, 1.165) is 28.0 Å². The van der Waals surface area contributed by atoms with E-state index in [1.807, 2.05) is 0 Å². The van der Waals surface area contributed by atoms with Crippen LogP contribution in [0.2, 0.25) is 39.3 Å². The van der Waals surface area contributed by atoms with Gasteiger partial charge in [-0.15, -0.1) is 0 Å². The summed E-state index contributed by atoms with van der Waals surface area (Å²) in [5, 5.41) is 1.96. The number of carbonyl (C=O) groups is 2. The Bertz CT molecular complexity index is 626. The van der Waals surface area contributed by atoms with Crippen LogP contribution in [0.15, 0.2) is 21.5 Å². The van der Waals surface area contributed by atoms with E-state index in [1.165, 1.54) is 0 Å². The van der Waals surface area contributed by atoms with Crippen molar-refractivity contribution in [2.75, 3.05) is 0 Å².